The molecule has 1 amide bonds. The van der Waals surface area contributed by atoms with Gasteiger partial charge in [0.2, 0.25) is 5.91 Å². The van der Waals surface area contributed by atoms with E-state index in [2.05, 4.69) is 17.6 Å². The molecule has 0 aliphatic carbocycles. The normalized spacial score (nSPS) is 13.2. The topological polar surface area (TPSA) is 50.4 Å². The number of carbonyl (C=O) groups excluding carboxylic acids is 1. The molecule has 2 atom stereocenters. The number of hydrogen-bond donors (Lipinski definition) is 2. The summed E-state index contributed by atoms with van der Waals surface area (Å²) in [5.41, 5.74) is 3.82. The van der Waals surface area contributed by atoms with Crippen molar-refractivity contribution in [3.05, 3.63) is 58.1 Å². The van der Waals surface area contributed by atoms with Crippen LogP contribution in [0.3, 0.4) is 0 Å². The third kappa shape index (κ3) is 4.99. The van der Waals surface area contributed by atoms with Gasteiger partial charge in [-0.15, -0.1) is 0 Å². The summed E-state index contributed by atoms with van der Waals surface area (Å²) in [5, 5.41) is 6.91. The zero-order chi connectivity index (χ0) is 19.3. The van der Waals surface area contributed by atoms with Crippen LogP contribution in [0.4, 0.5) is 5.69 Å². The van der Waals surface area contributed by atoms with E-state index < -0.39 is 0 Å². The molecule has 0 fully saturated rings. The number of ether oxygens (including phenoxy) is 1. The van der Waals surface area contributed by atoms with Gasteiger partial charge in [0.1, 0.15) is 5.75 Å². The van der Waals surface area contributed by atoms with Gasteiger partial charge in [0.15, 0.2) is 0 Å². The van der Waals surface area contributed by atoms with E-state index in [-0.39, 0.29) is 18.0 Å². The van der Waals surface area contributed by atoms with Crippen LogP contribution in [-0.2, 0) is 4.79 Å². The molecule has 0 aliphatic rings. The van der Waals surface area contributed by atoms with E-state index in [0.717, 1.165) is 28.9 Å². The largest absolute Gasteiger partial charge is 0.497 e. The molecule has 2 rings (SSSR count). The van der Waals surface area contributed by atoms with Crippen LogP contribution < -0.4 is 15.4 Å². The van der Waals surface area contributed by atoms with Crippen LogP contribution in [0.1, 0.15) is 43.0 Å². The molecule has 140 valence electrons. The van der Waals surface area contributed by atoms with E-state index >= 15 is 0 Å². The third-order valence-corrected chi connectivity index (χ3v) is 4.75. The highest BCUT2D eigenvalue weighted by molar-refractivity contribution is 6.34. The summed E-state index contributed by atoms with van der Waals surface area (Å²) in [5.74, 6) is 0.713. The highest BCUT2D eigenvalue weighted by Gasteiger charge is 2.19. The molecule has 0 heterocycles. The van der Waals surface area contributed by atoms with Crippen LogP contribution in [0.5, 0.6) is 5.75 Å². The summed E-state index contributed by atoms with van der Waals surface area (Å²) in [4.78, 5) is 12.6. The van der Waals surface area contributed by atoms with Crippen molar-refractivity contribution in [2.75, 3.05) is 12.4 Å². The fourth-order valence-electron chi connectivity index (χ4n) is 2.97. The Kier molecular flexibility index (Phi) is 7.06. The van der Waals surface area contributed by atoms with Gasteiger partial charge in [0.05, 0.1) is 23.9 Å². The van der Waals surface area contributed by atoms with Gasteiger partial charge in [0.25, 0.3) is 0 Å². The van der Waals surface area contributed by atoms with Gasteiger partial charge in [0, 0.05) is 6.04 Å². The number of carbonyl (C=O) groups is 1. The average molecular weight is 375 g/mol. The number of methoxy groups -OCH3 is 1. The van der Waals surface area contributed by atoms with Crippen LogP contribution >= 0.6 is 11.6 Å². The van der Waals surface area contributed by atoms with Gasteiger partial charge < -0.3 is 10.1 Å². The van der Waals surface area contributed by atoms with Gasteiger partial charge in [-0.05, 0) is 62.1 Å². The summed E-state index contributed by atoms with van der Waals surface area (Å²) in [6.45, 7) is 7.88. The highest BCUT2D eigenvalue weighted by atomic mass is 35.5. The van der Waals surface area contributed by atoms with Crippen LogP contribution in [-0.4, -0.2) is 19.1 Å². The number of anilines is 1. The van der Waals surface area contributed by atoms with Crippen LogP contribution in [0.15, 0.2) is 36.4 Å². The summed E-state index contributed by atoms with van der Waals surface area (Å²) in [6.07, 6.45) is 0.869. The first kappa shape index (κ1) is 20.3. The van der Waals surface area contributed by atoms with E-state index in [0.29, 0.717) is 10.7 Å². The van der Waals surface area contributed by atoms with Crippen molar-refractivity contribution in [2.24, 2.45) is 0 Å². The maximum absolute atomic E-state index is 12.6. The van der Waals surface area contributed by atoms with Gasteiger partial charge in [-0.2, -0.15) is 0 Å². The summed E-state index contributed by atoms with van der Waals surface area (Å²) >= 11 is 6.29. The SMILES string of the molecule is CCC(NC(C)C(=O)Nc1c(C)cc(C)cc1Cl)c1ccc(OC)cc1. The molecule has 0 bridgehead atoms. The lowest BCUT2D eigenvalue weighted by atomic mass is 10.0. The predicted molar refractivity (Wildman–Crippen MR) is 108 cm³/mol. The number of nitrogens with one attached hydrogen (secondary N) is 2. The molecular weight excluding hydrogens is 348 g/mol. The maximum Gasteiger partial charge on any atom is 0.241 e. The van der Waals surface area contributed by atoms with Crippen molar-refractivity contribution in [1.29, 1.82) is 0 Å². The highest BCUT2D eigenvalue weighted by Crippen LogP contribution is 2.27. The second-order valence-corrected chi connectivity index (χ2v) is 6.96. The van der Waals surface area contributed by atoms with Gasteiger partial charge in [-0.1, -0.05) is 36.7 Å². The summed E-state index contributed by atoms with van der Waals surface area (Å²) < 4.78 is 5.20. The number of amides is 1. The number of halogens is 1. The second-order valence-electron chi connectivity index (χ2n) is 6.55. The molecule has 0 aromatic heterocycles. The number of aryl methyl sites for hydroxylation is 2. The maximum atomic E-state index is 12.6. The first-order valence-corrected chi connectivity index (χ1v) is 9.21. The lowest BCUT2D eigenvalue weighted by Gasteiger charge is -2.23. The second kappa shape index (κ2) is 9.06. The van der Waals surface area contributed by atoms with Gasteiger partial charge >= 0.3 is 0 Å². The lowest BCUT2D eigenvalue weighted by Crippen LogP contribution is -2.40. The van der Waals surface area contributed by atoms with Crippen molar-refractivity contribution < 1.29 is 9.53 Å². The number of rotatable bonds is 7. The van der Waals surface area contributed by atoms with E-state index in [1.807, 2.05) is 57.2 Å². The molecule has 2 unspecified atom stereocenters. The van der Waals surface area contributed by atoms with Crippen LogP contribution in [0, 0.1) is 13.8 Å². The minimum Gasteiger partial charge on any atom is -0.497 e. The van der Waals surface area contributed by atoms with Crippen LogP contribution in [0.25, 0.3) is 0 Å². The Morgan fingerprint density at radius 2 is 1.85 bits per heavy atom. The Bertz CT molecular complexity index is 736. The number of hydrogen-bond acceptors (Lipinski definition) is 3. The standard InChI is InChI=1S/C21H27ClN2O2/c1-6-19(16-7-9-17(26-5)10-8-16)23-15(4)21(25)24-20-14(3)11-13(2)12-18(20)22/h7-12,15,19,23H,6H2,1-5H3,(H,24,25). The van der Waals surface area contributed by atoms with Gasteiger partial charge in [-0.25, -0.2) is 0 Å². The zero-order valence-corrected chi connectivity index (χ0v) is 16.8. The molecule has 0 radical (unpaired) electrons. The van der Waals surface area contributed by atoms with E-state index in [1.54, 1.807) is 7.11 Å². The molecule has 2 N–H and O–H groups in total. The Hall–Kier alpha value is -2.04. The Labute approximate surface area is 160 Å². The van der Waals surface area contributed by atoms with Crippen molar-refractivity contribution in [1.82, 2.24) is 5.32 Å². The molecule has 26 heavy (non-hydrogen) atoms. The fourth-order valence-corrected chi connectivity index (χ4v) is 3.34. The first-order chi connectivity index (χ1) is 12.3. The molecule has 4 nitrogen and oxygen atoms in total. The quantitative estimate of drug-likeness (QED) is 0.714. The summed E-state index contributed by atoms with van der Waals surface area (Å²) in [6, 6.07) is 11.5. The molecule has 0 aliphatic heterocycles. The molecule has 2 aromatic rings. The molecule has 5 heteroatoms. The van der Waals surface area contributed by atoms with Gasteiger partial charge in [-0.3, -0.25) is 10.1 Å². The minimum atomic E-state index is -0.362. The Morgan fingerprint density at radius 3 is 2.38 bits per heavy atom. The van der Waals surface area contributed by atoms with Crippen molar-refractivity contribution in [3.63, 3.8) is 0 Å². The van der Waals surface area contributed by atoms with E-state index in [1.165, 1.54) is 0 Å². The zero-order valence-electron chi connectivity index (χ0n) is 16.0. The molecule has 2 aromatic carbocycles. The smallest absolute Gasteiger partial charge is 0.241 e. The first-order valence-electron chi connectivity index (χ1n) is 8.83. The molecule has 0 saturated carbocycles. The Morgan fingerprint density at radius 1 is 1.19 bits per heavy atom. The molecule has 0 spiro atoms. The van der Waals surface area contributed by atoms with Crippen molar-refractivity contribution in [2.45, 2.75) is 46.2 Å². The van der Waals surface area contributed by atoms with Crippen molar-refractivity contribution >= 4 is 23.2 Å². The lowest BCUT2D eigenvalue weighted by molar-refractivity contribution is -0.118. The van der Waals surface area contributed by atoms with E-state index in [9.17, 15) is 4.79 Å². The Balaban J connectivity index is 2.07. The fraction of sp³-hybridized carbons (Fsp3) is 0.381. The molecular formula is C21H27ClN2O2. The minimum absolute atomic E-state index is 0.0799. The monoisotopic (exact) mass is 374 g/mol. The van der Waals surface area contributed by atoms with Crippen molar-refractivity contribution in [3.8, 4) is 5.75 Å². The molecule has 0 saturated heterocycles. The number of benzene rings is 2. The predicted octanol–water partition coefficient (Wildman–Crippen LogP) is 5.03. The summed E-state index contributed by atoms with van der Waals surface area (Å²) in [7, 11) is 1.65. The average Bonchev–Trinajstić information content (AvgIpc) is 2.62. The van der Waals surface area contributed by atoms with E-state index in [4.69, 9.17) is 16.3 Å². The third-order valence-electron chi connectivity index (χ3n) is 4.45. The van der Waals surface area contributed by atoms with Crippen LogP contribution in [0.2, 0.25) is 5.02 Å².